The van der Waals surface area contributed by atoms with Crippen LogP contribution < -0.4 is 5.32 Å². The van der Waals surface area contributed by atoms with Crippen molar-refractivity contribution in [1.29, 1.82) is 0 Å². The number of rotatable bonds is 8. The summed E-state index contributed by atoms with van der Waals surface area (Å²) in [4.78, 5) is 39.7. The lowest BCUT2D eigenvalue weighted by Gasteiger charge is -2.06. The quantitative estimate of drug-likeness (QED) is 0.451. The van der Waals surface area contributed by atoms with E-state index in [1.165, 1.54) is 11.8 Å². The Labute approximate surface area is 166 Å². The molecule has 0 bridgehead atoms. The van der Waals surface area contributed by atoms with Crippen molar-refractivity contribution in [1.82, 2.24) is 10.3 Å². The number of H-pyrrole nitrogens is 1. The summed E-state index contributed by atoms with van der Waals surface area (Å²) >= 11 is 1.54. The van der Waals surface area contributed by atoms with Gasteiger partial charge in [0, 0.05) is 34.2 Å². The smallest absolute Gasteiger partial charge is 0.310 e. The molecule has 0 aliphatic heterocycles. The molecule has 0 unspecified atom stereocenters. The maximum absolute atomic E-state index is 12.0. The molecule has 1 heterocycles. The molecule has 7 heteroatoms. The zero-order chi connectivity index (χ0) is 19.8. The normalized spacial score (nSPS) is 10.6. The zero-order valence-electron chi connectivity index (χ0n) is 15.1. The van der Waals surface area contributed by atoms with Crippen LogP contribution in [0.4, 0.5) is 0 Å². The molecule has 1 aromatic heterocycles. The van der Waals surface area contributed by atoms with Crippen molar-refractivity contribution in [3.63, 3.8) is 0 Å². The molecular weight excluding hydrogens is 376 g/mol. The van der Waals surface area contributed by atoms with E-state index in [2.05, 4.69) is 10.3 Å². The van der Waals surface area contributed by atoms with Crippen LogP contribution in [0.5, 0.6) is 0 Å². The Morgan fingerprint density at radius 2 is 1.71 bits per heavy atom. The molecule has 0 aliphatic rings. The number of aromatic nitrogens is 1. The summed E-state index contributed by atoms with van der Waals surface area (Å²) in [5.74, 6) is -0.973. The lowest BCUT2D eigenvalue weighted by Crippen LogP contribution is -2.34. The van der Waals surface area contributed by atoms with E-state index in [-0.39, 0.29) is 18.7 Å². The third kappa shape index (κ3) is 5.72. The van der Waals surface area contributed by atoms with Gasteiger partial charge in [-0.05, 0) is 23.8 Å². The lowest BCUT2D eigenvalue weighted by atomic mass is 10.1. The van der Waals surface area contributed by atoms with Crippen molar-refractivity contribution in [2.75, 3.05) is 12.4 Å². The minimum atomic E-state index is -0.623. The summed E-state index contributed by atoms with van der Waals surface area (Å²) < 4.78 is 4.98. The van der Waals surface area contributed by atoms with E-state index in [1.54, 1.807) is 6.20 Å². The number of aromatic amines is 1. The number of fused-ring (bicyclic) bond motifs is 1. The van der Waals surface area contributed by atoms with Crippen LogP contribution in [0.15, 0.2) is 65.7 Å². The molecule has 2 N–H and O–H groups in total. The molecule has 0 fully saturated rings. The SMILES string of the molecule is O=C(CCSc1ccccc1)NC(=O)COC(=O)Cc1c[nH]c2ccccc12. The third-order valence-corrected chi connectivity index (χ3v) is 5.01. The van der Waals surface area contributed by atoms with Crippen molar-refractivity contribution in [3.8, 4) is 0 Å². The number of ether oxygens (including phenoxy) is 1. The Morgan fingerprint density at radius 3 is 2.54 bits per heavy atom. The summed E-state index contributed by atoms with van der Waals surface area (Å²) in [5.41, 5.74) is 1.73. The Bertz CT molecular complexity index is 969. The summed E-state index contributed by atoms with van der Waals surface area (Å²) in [6.45, 7) is -0.473. The Kier molecular flexibility index (Phi) is 6.86. The number of carbonyl (C=O) groups is 3. The van der Waals surface area contributed by atoms with Crippen LogP contribution in [0, 0.1) is 0 Å². The monoisotopic (exact) mass is 396 g/mol. The van der Waals surface area contributed by atoms with Gasteiger partial charge in [-0.25, -0.2) is 0 Å². The van der Waals surface area contributed by atoms with Crippen LogP contribution in [-0.4, -0.2) is 35.1 Å². The Balaban J connectivity index is 1.36. The minimum absolute atomic E-state index is 0.0545. The van der Waals surface area contributed by atoms with Crippen LogP contribution in [0.25, 0.3) is 10.9 Å². The highest BCUT2D eigenvalue weighted by molar-refractivity contribution is 7.99. The summed E-state index contributed by atoms with van der Waals surface area (Å²) in [7, 11) is 0. The predicted molar refractivity (Wildman–Crippen MR) is 108 cm³/mol. The lowest BCUT2D eigenvalue weighted by molar-refractivity contribution is -0.149. The molecule has 0 saturated heterocycles. The van der Waals surface area contributed by atoms with Gasteiger partial charge in [0.05, 0.1) is 6.42 Å². The average Bonchev–Trinajstić information content (AvgIpc) is 3.10. The van der Waals surface area contributed by atoms with Crippen LogP contribution >= 0.6 is 11.8 Å². The molecule has 6 nitrogen and oxygen atoms in total. The molecular formula is C21H20N2O4S. The fraction of sp³-hybridized carbons (Fsp3) is 0.190. The van der Waals surface area contributed by atoms with E-state index in [1.807, 2.05) is 54.6 Å². The number of nitrogens with one attached hydrogen (secondary N) is 2. The van der Waals surface area contributed by atoms with Gasteiger partial charge >= 0.3 is 5.97 Å². The maximum atomic E-state index is 12.0. The fourth-order valence-corrected chi connectivity index (χ4v) is 3.54. The van der Waals surface area contributed by atoms with Gasteiger partial charge in [0.1, 0.15) is 0 Å². The molecule has 3 rings (SSSR count). The van der Waals surface area contributed by atoms with Crippen LogP contribution in [0.1, 0.15) is 12.0 Å². The van der Waals surface area contributed by atoms with Crippen LogP contribution in [-0.2, 0) is 25.5 Å². The maximum Gasteiger partial charge on any atom is 0.310 e. The molecule has 0 atom stereocenters. The Hall–Kier alpha value is -3.06. The van der Waals surface area contributed by atoms with Gasteiger partial charge in [-0.2, -0.15) is 0 Å². The predicted octanol–water partition coefficient (Wildman–Crippen LogP) is 3.08. The second-order valence-electron chi connectivity index (χ2n) is 6.08. The van der Waals surface area contributed by atoms with Crippen molar-refractivity contribution in [3.05, 3.63) is 66.4 Å². The molecule has 0 aliphatic carbocycles. The first-order valence-electron chi connectivity index (χ1n) is 8.83. The second kappa shape index (κ2) is 9.75. The first-order valence-corrected chi connectivity index (χ1v) is 9.81. The topological polar surface area (TPSA) is 88.3 Å². The van der Waals surface area contributed by atoms with Gasteiger partial charge in [0.2, 0.25) is 5.91 Å². The van der Waals surface area contributed by atoms with Gasteiger partial charge in [-0.1, -0.05) is 36.4 Å². The van der Waals surface area contributed by atoms with E-state index in [0.29, 0.717) is 5.75 Å². The summed E-state index contributed by atoms with van der Waals surface area (Å²) in [5, 5.41) is 3.18. The highest BCUT2D eigenvalue weighted by Crippen LogP contribution is 2.18. The van der Waals surface area contributed by atoms with E-state index in [9.17, 15) is 14.4 Å². The van der Waals surface area contributed by atoms with E-state index < -0.39 is 18.5 Å². The zero-order valence-corrected chi connectivity index (χ0v) is 16.0. The second-order valence-corrected chi connectivity index (χ2v) is 7.25. The largest absolute Gasteiger partial charge is 0.455 e. The molecule has 2 amide bonds. The van der Waals surface area contributed by atoms with Gasteiger partial charge in [0.25, 0.3) is 5.91 Å². The van der Waals surface area contributed by atoms with E-state index >= 15 is 0 Å². The van der Waals surface area contributed by atoms with Crippen LogP contribution in [0.2, 0.25) is 0 Å². The molecule has 0 radical (unpaired) electrons. The van der Waals surface area contributed by atoms with Gasteiger partial charge in [-0.15, -0.1) is 11.8 Å². The molecule has 2 aromatic carbocycles. The number of benzene rings is 2. The number of thioether (sulfide) groups is 1. The van der Waals surface area contributed by atoms with Crippen molar-refractivity contribution < 1.29 is 19.1 Å². The number of esters is 1. The van der Waals surface area contributed by atoms with Crippen molar-refractivity contribution >= 4 is 40.4 Å². The minimum Gasteiger partial charge on any atom is -0.455 e. The van der Waals surface area contributed by atoms with Crippen LogP contribution in [0.3, 0.4) is 0 Å². The third-order valence-electron chi connectivity index (χ3n) is 3.99. The van der Waals surface area contributed by atoms with Gasteiger partial charge < -0.3 is 9.72 Å². The highest BCUT2D eigenvalue weighted by atomic mass is 32.2. The van der Waals surface area contributed by atoms with Crippen molar-refractivity contribution in [2.45, 2.75) is 17.7 Å². The number of hydrogen-bond donors (Lipinski definition) is 2. The first kappa shape index (κ1) is 19.7. The first-order chi connectivity index (χ1) is 13.6. The van der Waals surface area contributed by atoms with Gasteiger partial charge in [0.15, 0.2) is 6.61 Å². The number of carbonyl (C=O) groups excluding carboxylic acids is 3. The number of amides is 2. The highest BCUT2D eigenvalue weighted by Gasteiger charge is 2.13. The molecule has 144 valence electrons. The average molecular weight is 396 g/mol. The fourth-order valence-electron chi connectivity index (χ4n) is 2.66. The van der Waals surface area contributed by atoms with Gasteiger partial charge in [-0.3, -0.25) is 19.7 Å². The Morgan fingerprint density at radius 1 is 0.964 bits per heavy atom. The summed E-state index contributed by atoms with van der Waals surface area (Å²) in [6, 6.07) is 17.3. The molecule has 28 heavy (non-hydrogen) atoms. The van der Waals surface area contributed by atoms with E-state index in [0.717, 1.165) is 21.4 Å². The molecule has 0 spiro atoms. The molecule has 0 saturated carbocycles. The standard InChI is InChI=1S/C21H20N2O4S/c24-19(10-11-28-16-6-2-1-3-7-16)23-20(25)14-27-21(26)12-15-13-22-18-9-5-4-8-17(15)18/h1-9,13,22H,10-12,14H2,(H,23,24,25). The molecule has 3 aromatic rings. The number of para-hydroxylation sites is 1. The summed E-state index contributed by atoms with van der Waals surface area (Å²) in [6.07, 6.45) is 2.01. The number of hydrogen-bond acceptors (Lipinski definition) is 5. The van der Waals surface area contributed by atoms with E-state index in [4.69, 9.17) is 4.74 Å². The van der Waals surface area contributed by atoms with Crippen molar-refractivity contribution in [2.24, 2.45) is 0 Å². The number of imide groups is 1.